The molecule has 3 heterocycles. The van der Waals surface area contributed by atoms with Crippen molar-refractivity contribution in [2.45, 2.75) is 12.8 Å². The molecule has 0 atom stereocenters. The Morgan fingerprint density at radius 2 is 1.83 bits per heavy atom. The Balaban J connectivity index is 1.39. The van der Waals surface area contributed by atoms with Crippen LogP contribution in [0.3, 0.4) is 0 Å². The number of carbonyl (C=O) groups excluding carboxylic acids is 1. The van der Waals surface area contributed by atoms with Crippen LogP contribution in [0.2, 0.25) is 0 Å². The summed E-state index contributed by atoms with van der Waals surface area (Å²) in [7, 11) is 0. The van der Waals surface area contributed by atoms with E-state index in [0.717, 1.165) is 55.9 Å². The van der Waals surface area contributed by atoms with E-state index in [0.29, 0.717) is 11.3 Å². The van der Waals surface area contributed by atoms with E-state index in [1.807, 2.05) is 12.1 Å². The SMILES string of the molecule is O=C(c1cncc(Br)c1)c1cccc(N2CCCN(CCc3ccccc3)CC2)n1. The van der Waals surface area contributed by atoms with Gasteiger partial charge in [-0.25, -0.2) is 4.98 Å². The summed E-state index contributed by atoms with van der Waals surface area (Å²) in [5, 5.41) is 0. The molecule has 0 spiro atoms. The van der Waals surface area contributed by atoms with Gasteiger partial charge in [0.2, 0.25) is 5.78 Å². The smallest absolute Gasteiger partial charge is 0.213 e. The lowest BCUT2D eigenvalue weighted by Crippen LogP contribution is -2.32. The summed E-state index contributed by atoms with van der Waals surface area (Å²) in [4.78, 5) is 26.4. The maximum atomic E-state index is 12.8. The molecule has 30 heavy (non-hydrogen) atoms. The Bertz CT molecular complexity index is 995. The zero-order valence-electron chi connectivity index (χ0n) is 16.9. The zero-order chi connectivity index (χ0) is 20.8. The fourth-order valence-electron chi connectivity index (χ4n) is 3.77. The summed E-state index contributed by atoms with van der Waals surface area (Å²) in [6.07, 6.45) is 5.41. The summed E-state index contributed by atoms with van der Waals surface area (Å²) in [6, 6.07) is 18.1. The third kappa shape index (κ3) is 5.32. The van der Waals surface area contributed by atoms with Crippen LogP contribution in [0.4, 0.5) is 5.82 Å². The molecule has 1 fully saturated rings. The number of rotatable bonds is 6. The molecule has 0 bridgehead atoms. The molecule has 0 unspecified atom stereocenters. The minimum Gasteiger partial charge on any atom is -0.355 e. The average Bonchev–Trinajstić information content (AvgIpc) is 3.04. The first-order valence-corrected chi connectivity index (χ1v) is 11.1. The Morgan fingerprint density at radius 1 is 0.967 bits per heavy atom. The van der Waals surface area contributed by atoms with Crippen LogP contribution >= 0.6 is 15.9 Å². The molecular formula is C24H25BrN4O. The van der Waals surface area contributed by atoms with Gasteiger partial charge in [-0.15, -0.1) is 0 Å². The van der Waals surface area contributed by atoms with E-state index in [1.165, 1.54) is 5.56 Å². The van der Waals surface area contributed by atoms with Crippen LogP contribution in [-0.4, -0.2) is 53.4 Å². The summed E-state index contributed by atoms with van der Waals surface area (Å²) in [6.45, 7) is 5.02. The standard InChI is InChI=1S/C24H25BrN4O/c25-21-16-20(17-26-18-21)24(30)22-8-4-9-23(27-22)29-12-5-11-28(14-15-29)13-10-19-6-2-1-3-7-19/h1-4,6-9,16-18H,5,10-15H2. The molecular weight excluding hydrogens is 440 g/mol. The van der Waals surface area contributed by atoms with E-state index in [-0.39, 0.29) is 5.78 Å². The molecule has 1 aliphatic rings. The van der Waals surface area contributed by atoms with Crippen molar-refractivity contribution in [2.24, 2.45) is 0 Å². The van der Waals surface area contributed by atoms with Crippen molar-refractivity contribution >= 4 is 27.5 Å². The first-order valence-electron chi connectivity index (χ1n) is 10.3. The molecule has 0 saturated carbocycles. The van der Waals surface area contributed by atoms with Crippen molar-refractivity contribution < 1.29 is 4.79 Å². The number of nitrogens with zero attached hydrogens (tertiary/aromatic N) is 4. The first kappa shape index (κ1) is 20.7. The average molecular weight is 465 g/mol. The van der Waals surface area contributed by atoms with Crippen LogP contribution in [0.25, 0.3) is 0 Å². The zero-order valence-corrected chi connectivity index (χ0v) is 18.5. The minimum absolute atomic E-state index is 0.107. The van der Waals surface area contributed by atoms with Gasteiger partial charge in [0.1, 0.15) is 11.5 Å². The van der Waals surface area contributed by atoms with Crippen molar-refractivity contribution in [1.29, 1.82) is 0 Å². The van der Waals surface area contributed by atoms with Crippen LogP contribution in [0.5, 0.6) is 0 Å². The van der Waals surface area contributed by atoms with E-state index in [1.54, 1.807) is 24.5 Å². The molecule has 6 heteroatoms. The fraction of sp³-hybridized carbons (Fsp3) is 0.292. The topological polar surface area (TPSA) is 49.3 Å². The Hall–Kier alpha value is -2.57. The second-order valence-electron chi connectivity index (χ2n) is 7.52. The fourth-order valence-corrected chi connectivity index (χ4v) is 4.13. The normalized spacial score (nSPS) is 15.0. The van der Waals surface area contributed by atoms with Crippen LogP contribution in [0.15, 0.2) is 71.5 Å². The second kappa shape index (κ2) is 9.96. The molecule has 5 nitrogen and oxygen atoms in total. The number of pyridine rings is 2. The summed E-state index contributed by atoms with van der Waals surface area (Å²) in [5.41, 5.74) is 2.38. The van der Waals surface area contributed by atoms with Crippen LogP contribution in [0, 0.1) is 0 Å². The lowest BCUT2D eigenvalue weighted by atomic mass is 10.1. The predicted molar refractivity (Wildman–Crippen MR) is 123 cm³/mol. The molecule has 4 rings (SSSR count). The number of ketones is 1. The van der Waals surface area contributed by atoms with Crippen molar-refractivity contribution in [2.75, 3.05) is 37.6 Å². The Morgan fingerprint density at radius 3 is 2.67 bits per heavy atom. The van der Waals surface area contributed by atoms with Gasteiger partial charge in [0.25, 0.3) is 0 Å². The summed E-state index contributed by atoms with van der Waals surface area (Å²) >= 11 is 3.37. The van der Waals surface area contributed by atoms with E-state index in [2.05, 4.69) is 66.0 Å². The van der Waals surface area contributed by atoms with Gasteiger partial charge in [-0.2, -0.15) is 0 Å². The second-order valence-corrected chi connectivity index (χ2v) is 8.44. The number of anilines is 1. The molecule has 0 aliphatic carbocycles. The largest absolute Gasteiger partial charge is 0.355 e. The van der Waals surface area contributed by atoms with Gasteiger partial charge in [0.05, 0.1) is 0 Å². The maximum absolute atomic E-state index is 12.8. The van der Waals surface area contributed by atoms with Gasteiger partial charge in [-0.3, -0.25) is 9.78 Å². The van der Waals surface area contributed by atoms with Crippen molar-refractivity contribution in [3.63, 3.8) is 0 Å². The highest BCUT2D eigenvalue weighted by Gasteiger charge is 2.18. The quantitative estimate of drug-likeness (QED) is 0.511. The van der Waals surface area contributed by atoms with E-state index in [4.69, 9.17) is 0 Å². The predicted octanol–water partition coefficient (Wildman–Crippen LogP) is 4.22. The first-order chi connectivity index (χ1) is 14.7. The number of carbonyl (C=O) groups is 1. The molecule has 0 radical (unpaired) electrons. The van der Waals surface area contributed by atoms with Gasteiger partial charge in [0, 0.05) is 48.6 Å². The lowest BCUT2D eigenvalue weighted by Gasteiger charge is -2.23. The van der Waals surface area contributed by atoms with Crippen molar-refractivity contribution in [3.8, 4) is 0 Å². The molecule has 0 N–H and O–H groups in total. The monoisotopic (exact) mass is 464 g/mol. The van der Waals surface area contributed by atoms with Gasteiger partial charge < -0.3 is 9.80 Å². The highest BCUT2D eigenvalue weighted by molar-refractivity contribution is 9.10. The van der Waals surface area contributed by atoms with Crippen molar-refractivity contribution in [3.05, 3.63) is 88.3 Å². The number of hydrogen-bond donors (Lipinski definition) is 0. The number of aromatic nitrogens is 2. The molecule has 154 valence electrons. The molecule has 1 aliphatic heterocycles. The number of halogens is 1. The maximum Gasteiger partial charge on any atom is 0.213 e. The van der Waals surface area contributed by atoms with Crippen LogP contribution < -0.4 is 4.90 Å². The van der Waals surface area contributed by atoms with Crippen molar-refractivity contribution in [1.82, 2.24) is 14.9 Å². The third-order valence-corrected chi connectivity index (χ3v) is 5.84. The van der Waals surface area contributed by atoms with Gasteiger partial charge in [-0.05, 0) is 59.1 Å². The lowest BCUT2D eigenvalue weighted by molar-refractivity contribution is 0.103. The minimum atomic E-state index is -0.107. The Kier molecular flexibility index (Phi) is 6.87. The van der Waals surface area contributed by atoms with Crippen LogP contribution in [-0.2, 0) is 6.42 Å². The Labute approximate surface area is 185 Å². The van der Waals surface area contributed by atoms with Gasteiger partial charge >= 0.3 is 0 Å². The molecule has 1 aromatic carbocycles. The van der Waals surface area contributed by atoms with Gasteiger partial charge in [0.15, 0.2) is 0 Å². The van der Waals surface area contributed by atoms with Crippen LogP contribution in [0.1, 0.15) is 28.0 Å². The van der Waals surface area contributed by atoms with E-state index in [9.17, 15) is 4.79 Å². The van der Waals surface area contributed by atoms with E-state index >= 15 is 0 Å². The molecule has 3 aromatic rings. The third-order valence-electron chi connectivity index (χ3n) is 5.41. The molecule has 2 aromatic heterocycles. The summed E-state index contributed by atoms with van der Waals surface area (Å²) < 4.78 is 0.785. The summed E-state index contributed by atoms with van der Waals surface area (Å²) in [5.74, 6) is 0.763. The molecule has 1 saturated heterocycles. The highest BCUT2D eigenvalue weighted by atomic mass is 79.9. The molecule has 0 amide bonds. The number of benzene rings is 1. The van der Waals surface area contributed by atoms with E-state index < -0.39 is 0 Å². The number of hydrogen-bond acceptors (Lipinski definition) is 5. The van der Waals surface area contributed by atoms with Gasteiger partial charge in [-0.1, -0.05) is 36.4 Å². The highest BCUT2D eigenvalue weighted by Crippen LogP contribution is 2.18.